The Balaban J connectivity index is 2.20. The van der Waals surface area contributed by atoms with Crippen LogP contribution in [0, 0.1) is 5.41 Å². The Bertz CT molecular complexity index is 428. The van der Waals surface area contributed by atoms with E-state index in [4.69, 9.17) is 0 Å². The van der Waals surface area contributed by atoms with Crippen molar-refractivity contribution in [2.24, 2.45) is 5.41 Å². The SMILES string of the molecule is CNc1cnccc1C(=O)N1CCC(C)(C)C1. The van der Waals surface area contributed by atoms with Gasteiger partial charge in [-0.3, -0.25) is 9.78 Å². The van der Waals surface area contributed by atoms with E-state index in [-0.39, 0.29) is 11.3 Å². The molecule has 4 heteroatoms. The molecule has 0 atom stereocenters. The van der Waals surface area contributed by atoms with Gasteiger partial charge in [0.15, 0.2) is 0 Å². The van der Waals surface area contributed by atoms with E-state index in [0.29, 0.717) is 5.56 Å². The fourth-order valence-electron chi connectivity index (χ4n) is 2.24. The van der Waals surface area contributed by atoms with Crippen molar-refractivity contribution < 1.29 is 4.79 Å². The summed E-state index contributed by atoms with van der Waals surface area (Å²) in [7, 11) is 1.81. The van der Waals surface area contributed by atoms with Gasteiger partial charge in [-0.15, -0.1) is 0 Å². The van der Waals surface area contributed by atoms with Gasteiger partial charge in [0.2, 0.25) is 0 Å². The first-order valence-corrected chi connectivity index (χ1v) is 5.94. The predicted molar refractivity (Wildman–Crippen MR) is 68.1 cm³/mol. The van der Waals surface area contributed by atoms with Crippen LogP contribution in [0.2, 0.25) is 0 Å². The van der Waals surface area contributed by atoms with Crippen LogP contribution in [0.5, 0.6) is 0 Å². The average molecular weight is 233 g/mol. The number of nitrogens with one attached hydrogen (secondary N) is 1. The normalized spacial score (nSPS) is 18.2. The molecular formula is C13H19N3O. The summed E-state index contributed by atoms with van der Waals surface area (Å²) in [6, 6.07) is 1.78. The highest BCUT2D eigenvalue weighted by Gasteiger charge is 2.32. The lowest BCUT2D eigenvalue weighted by Gasteiger charge is -2.20. The second kappa shape index (κ2) is 4.35. The first-order valence-electron chi connectivity index (χ1n) is 5.94. The van der Waals surface area contributed by atoms with Crippen LogP contribution in [0.1, 0.15) is 30.6 Å². The zero-order chi connectivity index (χ0) is 12.5. The van der Waals surface area contributed by atoms with Crippen LogP contribution in [-0.2, 0) is 0 Å². The summed E-state index contributed by atoms with van der Waals surface area (Å²) in [5, 5.41) is 3.01. The molecule has 1 aliphatic heterocycles. The topological polar surface area (TPSA) is 45.2 Å². The van der Waals surface area contributed by atoms with Crippen molar-refractivity contribution in [3.8, 4) is 0 Å². The molecule has 1 fully saturated rings. The van der Waals surface area contributed by atoms with E-state index in [1.54, 1.807) is 18.5 Å². The number of carbonyl (C=O) groups is 1. The van der Waals surface area contributed by atoms with Gasteiger partial charge >= 0.3 is 0 Å². The molecule has 1 amide bonds. The van der Waals surface area contributed by atoms with Crippen LogP contribution in [0.15, 0.2) is 18.5 Å². The first-order chi connectivity index (χ1) is 8.03. The maximum absolute atomic E-state index is 12.4. The van der Waals surface area contributed by atoms with Crippen molar-refractivity contribution in [2.75, 3.05) is 25.5 Å². The molecule has 92 valence electrons. The highest BCUT2D eigenvalue weighted by atomic mass is 16.2. The molecule has 0 radical (unpaired) electrons. The lowest BCUT2D eigenvalue weighted by atomic mass is 9.93. The van der Waals surface area contributed by atoms with Gasteiger partial charge in [-0.05, 0) is 17.9 Å². The molecule has 2 rings (SSSR count). The molecule has 4 nitrogen and oxygen atoms in total. The highest BCUT2D eigenvalue weighted by Crippen LogP contribution is 2.30. The summed E-state index contributed by atoms with van der Waals surface area (Å²) in [5.41, 5.74) is 1.74. The van der Waals surface area contributed by atoms with E-state index in [2.05, 4.69) is 24.1 Å². The van der Waals surface area contributed by atoms with Gasteiger partial charge in [0, 0.05) is 26.3 Å². The molecule has 17 heavy (non-hydrogen) atoms. The van der Waals surface area contributed by atoms with Gasteiger partial charge in [-0.2, -0.15) is 0 Å². The number of likely N-dealkylation sites (tertiary alicyclic amines) is 1. The van der Waals surface area contributed by atoms with Gasteiger partial charge in [0.1, 0.15) is 0 Å². The van der Waals surface area contributed by atoms with Crippen molar-refractivity contribution in [3.63, 3.8) is 0 Å². The Kier molecular flexibility index (Phi) is 3.05. The summed E-state index contributed by atoms with van der Waals surface area (Å²) in [5.74, 6) is 0.0994. The number of aromatic nitrogens is 1. The Morgan fingerprint density at radius 1 is 1.53 bits per heavy atom. The fraction of sp³-hybridized carbons (Fsp3) is 0.538. The third-order valence-electron chi connectivity index (χ3n) is 3.29. The maximum Gasteiger partial charge on any atom is 0.256 e. The molecular weight excluding hydrogens is 214 g/mol. The Morgan fingerprint density at radius 2 is 2.29 bits per heavy atom. The molecule has 0 bridgehead atoms. The van der Waals surface area contributed by atoms with Gasteiger partial charge in [0.05, 0.1) is 17.4 Å². The molecule has 2 heterocycles. The summed E-state index contributed by atoms with van der Waals surface area (Å²) in [6.07, 6.45) is 4.42. The largest absolute Gasteiger partial charge is 0.386 e. The summed E-state index contributed by atoms with van der Waals surface area (Å²) in [4.78, 5) is 18.3. The van der Waals surface area contributed by atoms with Crippen molar-refractivity contribution >= 4 is 11.6 Å². The number of amides is 1. The highest BCUT2D eigenvalue weighted by molar-refractivity contribution is 5.99. The smallest absolute Gasteiger partial charge is 0.256 e. The van der Waals surface area contributed by atoms with E-state index in [0.717, 1.165) is 25.2 Å². The Morgan fingerprint density at radius 3 is 2.88 bits per heavy atom. The lowest BCUT2D eigenvalue weighted by Crippen LogP contribution is -2.30. The third kappa shape index (κ3) is 2.40. The fourth-order valence-corrected chi connectivity index (χ4v) is 2.24. The Hall–Kier alpha value is -1.58. The second-order valence-electron chi connectivity index (χ2n) is 5.31. The van der Waals surface area contributed by atoms with E-state index in [9.17, 15) is 4.79 Å². The minimum atomic E-state index is 0.0994. The molecule has 1 saturated heterocycles. The van der Waals surface area contributed by atoms with Gasteiger partial charge in [-0.25, -0.2) is 0 Å². The molecule has 0 aromatic carbocycles. The number of anilines is 1. The first kappa shape index (κ1) is 11.9. The molecule has 0 spiro atoms. The van der Waals surface area contributed by atoms with Crippen molar-refractivity contribution in [1.29, 1.82) is 0 Å². The van der Waals surface area contributed by atoms with E-state index < -0.39 is 0 Å². The Labute approximate surface area is 102 Å². The van der Waals surface area contributed by atoms with Gasteiger partial charge < -0.3 is 10.2 Å². The van der Waals surface area contributed by atoms with Crippen LogP contribution in [-0.4, -0.2) is 35.9 Å². The van der Waals surface area contributed by atoms with Crippen molar-refractivity contribution in [2.45, 2.75) is 20.3 Å². The maximum atomic E-state index is 12.4. The van der Waals surface area contributed by atoms with E-state index in [1.807, 2.05) is 11.9 Å². The van der Waals surface area contributed by atoms with Crippen LogP contribution >= 0.6 is 0 Å². The number of hydrogen-bond acceptors (Lipinski definition) is 3. The minimum absolute atomic E-state index is 0.0994. The predicted octanol–water partition coefficient (Wildman–Crippen LogP) is 2.00. The minimum Gasteiger partial charge on any atom is -0.386 e. The zero-order valence-corrected chi connectivity index (χ0v) is 10.7. The zero-order valence-electron chi connectivity index (χ0n) is 10.7. The molecule has 0 aliphatic carbocycles. The third-order valence-corrected chi connectivity index (χ3v) is 3.29. The summed E-state index contributed by atoms with van der Waals surface area (Å²) in [6.45, 7) is 6.08. The van der Waals surface area contributed by atoms with Gasteiger partial charge in [0.25, 0.3) is 5.91 Å². The van der Waals surface area contributed by atoms with Crippen molar-refractivity contribution in [1.82, 2.24) is 9.88 Å². The van der Waals surface area contributed by atoms with E-state index in [1.165, 1.54) is 0 Å². The monoisotopic (exact) mass is 233 g/mol. The van der Waals surface area contributed by atoms with Crippen LogP contribution < -0.4 is 5.32 Å². The summed E-state index contributed by atoms with van der Waals surface area (Å²) >= 11 is 0. The molecule has 0 saturated carbocycles. The number of hydrogen-bond donors (Lipinski definition) is 1. The molecule has 1 aromatic heterocycles. The van der Waals surface area contributed by atoms with Crippen LogP contribution in [0.25, 0.3) is 0 Å². The molecule has 1 N–H and O–H groups in total. The van der Waals surface area contributed by atoms with E-state index >= 15 is 0 Å². The quantitative estimate of drug-likeness (QED) is 0.849. The number of nitrogens with zero attached hydrogens (tertiary/aromatic N) is 2. The lowest BCUT2D eigenvalue weighted by molar-refractivity contribution is 0.0779. The number of rotatable bonds is 2. The van der Waals surface area contributed by atoms with Crippen LogP contribution in [0.4, 0.5) is 5.69 Å². The molecule has 1 aliphatic rings. The standard InChI is InChI=1S/C13H19N3O/c1-13(2)5-7-16(9-13)12(17)10-4-6-15-8-11(10)14-3/h4,6,8,14H,5,7,9H2,1-3H3. The molecule has 0 unspecified atom stereocenters. The van der Waals surface area contributed by atoms with Crippen molar-refractivity contribution in [3.05, 3.63) is 24.0 Å². The number of pyridine rings is 1. The average Bonchev–Trinajstić information content (AvgIpc) is 2.68. The second-order valence-corrected chi connectivity index (χ2v) is 5.31. The van der Waals surface area contributed by atoms with Crippen LogP contribution in [0.3, 0.4) is 0 Å². The number of carbonyl (C=O) groups excluding carboxylic acids is 1. The summed E-state index contributed by atoms with van der Waals surface area (Å²) < 4.78 is 0. The van der Waals surface area contributed by atoms with Gasteiger partial charge in [-0.1, -0.05) is 13.8 Å². The molecule has 1 aromatic rings.